The van der Waals surface area contributed by atoms with Gasteiger partial charge in [0.1, 0.15) is 0 Å². The van der Waals surface area contributed by atoms with Crippen molar-refractivity contribution in [1.82, 2.24) is 9.29 Å². The summed E-state index contributed by atoms with van der Waals surface area (Å²) in [7, 11) is -4.03. The molecule has 1 atom stereocenters. The minimum absolute atomic E-state index is 0.0699. The summed E-state index contributed by atoms with van der Waals surface area (Å²) >= 11 is 0. The first kappa shape index (κ1) is 21.2. The maximum absolute atomic E-state index is 13.7. The second-order valence-electron chi connectivity index (χ2n) is 7.29. The molecule has 3 aromatic rings. The first-order valence-corrected chi connectivity index (χ1v) is 11.6. The van der Waals surface area contributed by atoms with Gasteiger partial charge in [0, 0.05) is 37.2 Å². The van der Waals surface area contributed by atoms with Crippen LogP contribution >= 0.6 is 0 Å². The number of aromatic nitrogens is 1. The summed E-state index contributed by atoms with van der Waals surface area (Å²) in [5.74, 6) is 0.420. The number of oxazole rings is 1. The van der Waals surface area contributed by atoms with Crippen molar-refractivity contribution in [3.05, 3.63) is 60.7 Å². The largest absolute Gasteiger partial charge is 0.435 e. The molecular weight excluding hydrogens is 414 g/mol. The monoisotopic (exact) mass is 437 g/mol. The fourth-order valence-electron chi connectivity index (χ4n) is 3.58. The molecule has 1 unspecified atom stereocenters. The van der Waals surface area contributed by atoms with Gasteiger partial charge in [0.25, 0.3) is 10.0 Å². The summed E-state index contributed by atoms with van der Waals surface area (Å²) in [6.07, 6.45) is 1.58. The number of nitriles is 1. The van der Waals surface area contributed by atoms with Gasteiger partial charge in [0.05, 0.1) is 12.2 Å². The maximum atomic E-state index is 13.7. The van der Waals surface area contributed by atoms with Gasteiger partial charge in [0.15, 0.2) is 5.76 Å². The lowest BCUT2D eigenvalue weighted by molar-refractivity contribution is 0.0941. The van der Waals surface area contributed by atoms with Crippen LogP contribution in [0.1, 0.15) is 19.3 Å². The van der Waals surface area contributed by atoms with E-state index in [-0.39, 0.29) is 42.3 Å². The molecule has 2 aromatic carbocycles. The van der Waals surface area contributed by atoms with Gasteiger partial charge in [0.2, 0.25) is 10.9 Å². The molecule has 0 aliphatic carbocycles. The van der Waals surface area contributed by atoms with Crippen LogP contribution in [0.3, 0.4) is 0 Å². The van der Waals surface area contributed by atoms with E-state index in [1.54, 1.807) is 12.1 Å². The molecule has 160 valence electrons. The zero-order chi connectivity index (χ0) is 21.7. The number of benzene rings is 2. The van der Waals surface area contributed by atoms with Crippen LogP contribution in [0.2, 0.25) is 0 Å². The summed E-state index contributed by atoms with van der Waals surface area (Å²) in [6, 6.07) is 20.3. The highest BCUT2D eigenvalue weighted by Crippen LogP contribution is 2.34. The Labute approximate surface area is 182 Å². The number of ether oxygens (including phenoxy) is 1. The SMILES string of the molecule is N#CCCN(CC1CCCO1)S(=O)(=O)c1nc(-c2ccccc2)oc1-c1ccccc1. The third-order valence-corrected chi connectivity index (χ3v) is 6.92. The molecular formula is C23H23N3O4S. The molecule has 0 spiro atoms. The van der Waals surface area contributed by atoms with E-state index in [0.29, 0.717) is 17.7 Å². The molecule has 0 amide bonds. The molecule has 1 fully saturated rings. The molecule has 31 heavy (non-hydrogen) atoms. The van der Waals surface area contributed by atoms with Crippen LogP contribution < -0.4 is 0 Å². The third kappa shape index (κ3) is 4.69. The average molecular weight is 438 g/mol. The van der Waals surface area contributed by atoms with Crippen molar-refractivity contribution in [1.29, 1.82) is 5.26 Å². The number of rotatable bonds is 8. The van der Waals surface area contributed by atoms with Crippen molar-refractivity contribution in [2.24, 2.45) is 0 Å². The number of nitrogens with zero attached hydrogens (tertiary/aromatic N) is 3. The van der Waals surface area contributed by atoms with E-state index in [1.165, 1.54) is 4.31 Å². The van der Waals surface area contributed by atoms with Crippen molar-refractivity contribution in [2.45, 2.75) is 30.4 Å². The van der Waals surface area contributed by atoms with E-state index in [9.17, 15) is 8.42 Å². The Morgan fingerprint density at radius 1 is 1.06 bits per heavy atom. The molecule has 1 aliphatic heterocycles. The number of hydrogen-bond donors (Lipinski definition) is 0. The molecule has 4 rings (SSSR count). The quantitative estimate of drug-likeness (QED) is 0.527. The van der Waals surface area contributed by atoms with E-state index >= 15 is 0 Å². The van der Waals surface area contributed by atoms with Crippen LogP contribution in [-0.4, -0.2) is 43.5 Å². The highest BCUT2D eigenvalue weighted by atomic mass is 32.2. The summed E-state index contributed by atoms with van der Waals surface area (Å²) in [5, 5.41) is 8.92. The Morgan fingerprint density at radius 2 is 1.74 bits per heavy atom. The highest BCUT2D eigenvalue weighted by Gasteiger charge is 2.35. The molecule has 0 radical (unpaired) electrons. The van der Waals surface area contributed by atoms with Crippen LogP contribution in [0, 0.1) is 11.3 Å². The van der Waals surface area contributed by atoms with Gasteiger partial charge < -0.3 is 9.15 Å². The van der Waals surface area contributed by atoms with Crippen molar-refractivity contribution in [3.63, 3.8) is 0 Å². The summed E-state index contributed by atoms with van der Waals surface area (Å²) in [6.45, 7) is 0.875. The second-order valence-corrected chi connectivity index (χ2v) is 9.14. The Balaban J connectivity index is 1.79. The molecule has 1 aliphatic rings. The maximum Gasteiger partial charge on any atom is 0.264 e. The van der Waals surface area contributed by atoms with Crippen molar-refractivity contribution in [3.8, 4) is 28.8 Å². The van der Waals surface area contributed by atoms with Gasteiger partial charge in [-0.2, -0.15) is 14.6 Å². The van der Waals surface area contributed by atoms with E-state index in [2.05, 4.69) is 4.98 Å². The van der Waals surface area contributed by atoms with E-state index in [1.807, 2.05) is 54.6 Å². The predicted molar refractivity (Wildman–Crippen MR) is 115 cm³/mol. The summed E-state index contributed by atoms with van der Waals surface area (Å²) in [4.78, 5) is 4.41. The lowest BCUT2D eigenvalue weighted by Crippen LogP contribution is -2.38. The van der Waals surface area contributed by atoms with Gasteiger partial charge in [-0.15, -0.1) is 0 Å². The normalized spacial score (nSPS) is 16.5. The Morgan fingerprint density at radius 3 is 2.35 bits per heavy atom. The first-order valence-electron chi connectivity index (χ1n) is 10.2. The van der Waals surface area contributed by atoms with Crippen molar-refractivity contribution >= 4 is 10.0 Å². The van der Waals surface area contributed by atoms with E-state index < -0.39 is 10.0 Å². The Hall–Kier alpha value is -2.99. The molecule has 2 heterocycles. The van der Waals surface area contributed by atoms with Gasteiger partial charge >= 0.3 is 0 Å². The van der Waals surface area contributed by atoms with Crippen molar-refractivity contribution < 1.29 is 17.6 Å². The predicted octanol–water partition coefficient (Wildman–Crippen LogP) is 4.09. The minimum Gasteiger partial charge on any atom is -0.435 e. The van der Waals surface area contributed by atoms with E-state index in [0.717, 1.165) is 12.8 Å². The van der Waals surface area contributed by atoms with Crippen LogP contribution in [0.4, 0.5) is 0 Å². The highest BCUT2D eigenvalue weighted by molar-refractivity contribution is 7.89. The van der Waals surface area contributed by atoms with Crippen molar-refractivity contribution in [2.75, 3.05) is 19.7 Å². The molecule has 0 bridgehead atoms. The summed E-state index contributed by atoms with van der Waals surface area (Å²) in [5.41, 5.74) is 1.30. The summed E-state index contributed by atoms with van der Waals surface area (Å²) < 4.78 is 40.3. The smallest absolute Gasteiger partial charge is 0.264 e. The topological polar surface area (TPSA) is 96.4 Å². The van der Waals surface area contributed by atoms with Crippen LogP contribution in [0.25, 0.3) is 22.8 Å². The zero-order valence-electron chi connectivity index (χ0n) is 17.0. The van der Waals surface area contributed by atoms with Gasteiger partial charge in [-0.3, -0.25) is 0 Å². The minimum atomic E-state index is -4.03. The number of hydrogen-bond acceptors (Lipinski definition) is 6. The molecule has 0 saturated carbocycles. The second kappa shape index (κ2) is 9.43. The molecule has 1 aromatic heterocycles. The van der Waals surface area contributed by atoms with Gasteiger partial charge in [-0.05, 0) is 25.0 Å². The fourth-order valence-corrected chi connectivity index (χ4v) is 5.11. The molecule has 8 heteroatoms. The third-order valence-electron chi connectivity index (χ3n) is 5.14. The molecule has 0 N–H and O–H groups in total. The lowest BCUT2D eigenvalue weighted by Gasteiger charge is -2.23. The fraction of sp³-hybridized carbons (Fsp3) is 0.304. The average Bonchev–Trinajstić information content (AvgIpc) is 3.48. The Kier molecular flexibility index (Phi) is 6.47. The zero-order valence-corrected chi connectivity index (χ0v) is 17.8. The standard InChI is InChI=1S/C23H23N3O4S/c24-14-8-15-26(17-20-13-7-16-29-20)31(27,28)23-21(18-9-3-1-4-10-18)30-22(25-23)19-11-5-2-6-12-19/h1-6,9-12,20H,7-8,13,15-17H2. The lowest BCUT2D eigenvalue weighted by atomic mass is 10.2. The van der Waals surface area contributed by atoms with E-state index in [4.69, 9.17) is 14.4 Å². The van der Waals surface area contributed by atoms with Crippen LogP contribution in [-0.2, 0) is 14.8 Å². The van der Waals surface area contributed by atoms with Crippen LogP contribution in [0.15, 0.2) is 70.1 Å². The van der Waals surface area contributed by atoms with Gasteiger partial charge in [-0.25, -0.2) is 8.42 Å². The molecule has 1 saturated heterocycles. The first-order chi connectivity index (χ1) is 15.1. The number of sulfonamides is 1. The molecule has 7 nitrogen and oxygen atoms in total. The Bertz CT molecular complexity index is 1150. The van der Waals surface area contributed by atoms with Gasteiger partial charge in [-0.1, -0.05) is 48.5 Å². The van der Waals surface area contributed by atoms with Crippen LogP contribution in [0.5, 0.6) is 0 Å².